The third kappa shape index (κ3) is 79.0. The van der Waals surface area contributed by atoms with Crippen LogP contribution in [0.4, 0.5) is 0 Å². The highest BCUT2D eigenvalue weighted by Crippen LogP contribution is 2.21. The van der Waals surface area contributed by atoms with E-state index in [0.29, 0.717) is 17.4 Å². The number of rotatable bonds is 81. The van der Waals surface area contributed by atoms with E-state index in [1.807, 2.05) is 21.1 Å². The fourth-order valence-corrected chi connectivity index (χ4v) is 13.2. The van der Waals surface area contributed by atoms with Gasteiger partial charge in [0, 0.05) is 12.8 Å². The summed E-state index contributed by atoms with van der Waals surface area (Å²) in [6.45, 7) is 4.84. The molecule has 2 atom stereocenters. The van der Waals surface area contributed by atoms with Crippen molar-refractivity contribution < 1.29 is 42.9 Å². The van der Waals surface area contributed by atoms with Gasteiger partial charge in [-0.2, -0.15) is 0 Å². The summed E-state index contributed by atoms with van der Waals surface area (Å²) in [4.78, 5) is 37.6. The second-order valence-corrected chi connectivity index (χ2v) is 30.5. The Labute approximate surface area is 592 Å². The Morgan fingerprint density at radius 2 is 0.537 bits per heavy atom. The van der Waals surface area contributed by atoms with Crippen molar-refractivity contribution in [2.75, 3.05) is 47.5 Å². The molecule has 0 N–H and O–H groups in total. The van der Waals surface area contributed by atoms with Crippen LogP contribution < -0.4 is 5.11 Å². The Hall–Kier alpha value is -2.23. The normalized spacial score (nSPS) is 12.6. The van der Waals surface area contributed by atoms with Gasteiger partial charge in [0.05, 0.1) is 40.3 Å². The van der Waals surface area contributed by atoms with Crippen LogP contribution in [0.3, 0.4) is 0 Å². The largest absolute Gasteiger partial charge is 0.545 e. The van der Waals surface area contributed by atoms with E-state index in [1.165, 1.54) is 385 Å². The first-order valence-electron chi connectivity index (χ1n) is 42.5. The van der Waals surface area contributed by atoms with Gasteiger partial charge in [-0.25, -0.2) is 0 Å². The Morgan fingerprint density at radius 3 is 0.779 bits per heavy atom. The van der Waals surface area contributed by atoms with E-state index in [-0.39, 0.29) is 32.2 Å². The second-order valence-electron chi connectivity index (χ2n) is 30.5. The van der Waals surface area contributed by atoms with E-state index in [2.05, 4.69) is 38.2 Å². The third-order valence-electron chi connectivity index (χ3n) is 19.7. The van der Waals surface area contributed by atoms with Crippen LogP contribution in [0.1, 0.15) is 450 Å². The van der Waals surface area contributed by atoms with Gasteiger partial charge >= 0.3 is 11.9 Å². The number of nitrogens with zero attached hydrogens (tertiary/aromatic N) is 1. The number of hydrogen-bond acceptors (Lipinski definition) is 8. The number of likely N-dealkylation sites (N-methyl/N-ethyl adjacent to an activating group) is 1. The molecule has 95 heavy (non-hydrogen) atoms. The lowest BCUT2D eigenvalue weighted by molar-refractivity contribution is -0.870. The van der Waals surface area contributed by atoms with Crippen LogP contribution in [0.5, 0.6) is 0 Å². The third-order valence-corrected chi connectivity index (χ3v) is 19.7. The van der Waals surface area contributed by atoms with E-state index < -0.39 is 24.3 Å². The van der Waals surface area contributed by atoms with Crippen molar-refractivity contribution in [2.24, 2.45) is 0 Å². The smallest absolute Gasteiger partial charge is 0.306 e. The number of carbonyl (C=O) groups is 3. The molecular weight excluding hydrogens is 1170 g/mol. The molecule has 0 saturated heterocycles. The van der Waals surface area contributed by atoms with Crippen molar-refractivity contribution in [1.29, 1.82) is 0 Å². The zero-order valence-corrected chi connectivity index (χ0v) is 64.6. The summed E-state index contributed by atoms with van der Waals surface area (Å²) in [5.74, 6) is -2.24. The number of esters is 2. The molecule has 0 aliphatic heterocycles. The van der Waals surface area contributed by atoms with Gasteiger partial charge in [-0.15, -0.1) is 0 Å². The van der Waals surface area contributed by atoms with E-state index in [4.69, 9.17) is 18.9 Å². The van der Waals surface area contributed by atoms with E-state index >= 15 is 0 Å². The molecule has 0 radical (unpaired) electrons. The SMILES string of the molecule is CCCCCCCCCC/C=C\CCCCCCCCCCCCCCCCCCCCCCCCCC(=O)OCC(COC(OCC[N+](C)(C)C)C(=O)[O-])OC(=O)CCCCCCCCCCCCCCCCCCCCCCCCC/C=C\CCCCCCCCCC. The molecule has 9 heteroatoms. The number of carboxylic acids is 1. The minimum absolute atomic E-state index is 0.152. The zero-order valence-electron chi connectivity index (χ0n) is 64.6. The highest BCUT2D eigenvalue weighted by atomic mass is 16.7. The highest BCUT2D eigenvalue weighted by molar-refractivity contribution is 5.70. The number of quaternary nitrogens is 1. The minimum Gasteiger partial charge on any atom is -0.545 e. The summed E-state index contributed by atoms with van der Waals surface area (Å²) in [6, 6.07) is 0. The molecule has 0 fully saturated rings. The lowest BCUT2D eigenvalue weighted by Crippen LogP contribution is -2.44. The van der Waals surface area contributed by atoms with Crippen molar-refractivity contribution in [1.82, 2.24) is 0 Å². The average molecular weight is 1340 g/mol. The summed E-state index contributed by atoms with van der Waals surface area (Å²) in [7, 11) is 5.96. The number of carboxylic acid groups (broad SMARTS) is 1. The van der Waals surface area contributed by atoms with Crippen LogP contribution >= 0.6 is 0 Å². The number of hydrogen-bond donors (Lipinski definition) is 0. The predicted octanol–water partition coefficient (Wildman–Crippen LogP) is 25.9. The number of allylic oxidation sites excluding steroid dienone is 4. The lowest BCUT2D eigenvalue weighted by Gasteiger charge is -2.26. The maximum atomic E-state index is 13.0. The summed E-state index contributed by atoms with van der Waals surface area (Å²) >= 11 is 0. The van der Waals surface area contributed by atoms with Crippen LogP contribution in [0.25, 0.3) is 0 Å². The quantitative estimate of drug-likeness (QED) is 0.0195. The molecular formula is C86H165NO8. The van der Waals surface area contributed by atoms with Crippen LogP contribution in [-0.2, 0) is 33.3 Å². The Balaban J connectivity index is 3.93. The molecule has 0 spiro atoms. The molecule has 0 aromatic rings. The van der Waals surface area contributed by atoms with Gasteiger partial charge in [-0.05, 0) is 64.2 Å². The van der Waals surface area contributed by atoms with Crippen molar-refractivity contribution in [3.8, 4) is 0 Å². The van der Waals surface area contributed by atoms with Gasteiger partial charge in [0.1, 0.15) is 13.2 Å². The minimum atomic E-state index is -1.62. The number of carbonyl (C=O) groups excluding carboxylic acids is 3. The summed E-state index contributed by atoms with van der Waals surface area (Å²) in [5, 5.41) is 11.9. The number of unbranched alkanes of at least 4 members (excludes halogenated alkanes) is 62. The first-order valence-corrected chi connectivity index (χ1v) is 42.5. The maximum absolute atomic E-state index is 13.0. The monoisotopic (exact) mass is 1340 g/mol. The summed E-state index contributed by atoms with van der Waals surface area (Å²) < 4.78 is 22.9. The average Bonchev–Trinajstić information content (AvgIpc) is 2.94. The first-order chi connectivity index (χ1) is 46.6. The number of ether oxygens (including phenoxy) is 4. The molecule has 9 nitrogen and oxygen atoms in total. The van der Waals surface area contributed by atoms with Crippen molar-refractivity contribution in [2.45, 2.75) is 463 Å². The van der Waals surface area contributed by atoms with E-state index in [0.717, 1.165) is 38.5 Å². The van der Waals surface area contributed by atoms with E-state index in [1.54, 1.807) is 0 Å². The summed E-state index contributed by atoms with van der Waals surface area (Å²) in [6.07, 6.45) is 96.2. The fraction of sp³-hybridized carbons (Fsp3) is 0.919. The molecule has 0 heterocycles. The van der Waals surface area contributed by atoms with Gasteiger partial charge in [0.2, 0.25) is 0 Å². The van der Waals surface area contributed by atoms with Crippen molar-refractivity contribution >= 4 is 17.9 Å². The molecule has 2 unspecified atom stereocenters. The van der Waals surface area contributed by atoms with Gasteiger partial charge in [-0.3, -0.25) is 9.59 Å². The van der Waals surface area contributed by atoms with Crippen LogP contribution in [0.15, 0.2) is 24.3 Å². The van der Waals surface area contributed by atoms with Gasteiger partial charge in [-0.1, -0.05) is 398 Å². The topological polar surface area (TPSA) is 111 Å². The first kappa shape index (κ1) is 92.8. The molecule has 0 rings (SSSR count). The maximum Gasteiger partial charge on any atom is 0.306 e. The molecule has 0 amide bonds. The molecule has 562 valence electrons. The van der Waals surface area contributed by atoms with Gasteiger partial charge in [0.15, 0.2) is 12.4 Å². The van der Waals surface area contributed by atoms with Crippen molar-refractivity contribution in [3.63, 3.8) is 0 Å². The molecule has 0 aromatic carbocycles. The second kappa shape index (κ2) is 77.5. The molecule has 0 saturated carbocycles. The van der Waals surface area contributed by atoms with Crippen LogP contribution in [0, 0.1) is 0 Å². The molecule has 0 aliphatic rings. The van der Waals surface area contributed by atoms with Crippen molar-refractivity contribution in [3.05, 3.63) is 24.3 Å². The van der Waals surface area contributed by atoms with E-state index in [9.17, 15) is 19.5 Å². The molecule has 0 aromatic heterocycles. The summed E-state index contributed by atoms with van der Waals surface area (Å²) in [5.41, 5.74) is 0. The van der Waals surface area contributed by atoms with Gasteiger partial charge in [0.25, 0.3) is 0 Å². The fourth-order valence-electron chi connectivity index (χ4n) is 13.2. The molecule has 0 bridgehead atoms. The van der Waals surface area contributed by atoms with Gasteiger partial charge < -0.3 is 33.3 Å². The highest BCUT2D eigenvalue weighted by Gasteiger charge is 2.22. The Bertz CT molecular complexity index is 1610. The van der Waals surface area contributed by atoms with Crippen LogP contribution in [0.2, 0.25) is 0 Å². The molecule has 0 aliphatic carbocycles. The number of aliphatic carboxylic acids is 1. The standard InChI is InChI=1S/C86H165NO8/c1-6-8-10-12-14-16-18-20-22-24-26-28-30-32-34-36-38-40-42-44-46-48-50-52-54-56-58-60-62-64-66-68-70-72-74-76-83(88)93-80-82(81-94-86(85(90)91)92-79-78-87(3,4)5)95-84(89)77-75-73-71-69-67-65-63-61-59-57-55-53-51-49-47-45-43-41-39-37-35-33-31-29-27-25-23-21-19-17-15-13-11-9-7-2/h24-27,82,86H,6-23,28-81H2,1-5H3/b26-24-,27-25-. The van der Waals surface area contributed by atoms with Crippen LogP contribution in [-0.4, -0.2) is 82.3 Å². The Kier molecular flexibility index (Phi) is 75.7. The zero-order chi connectivity index (χ0) is 69.0. The Morgan fingerprint density at radius 1 is 0.305 bits per heavy atom. The lowest BCUT2D eigenvalue weighted by atomic mass is 10.0. The predicted molar refractivity (Wildman–Crippen MR) is 408 cm³/mol.